The van der Waals surface area contributed by atoms with Gasteiger partial charge in [0.15, 0.2) is 0 Å². The summed E-state index contributed by atoms with van der Waals surface area (Å²) in [6.45, 7) is 6.86. The number of hydrogen-bond acceptors (Lipinski definition) is 1. The monoisotopic (exact) mass is 618 g/mol. The van der Waals surface area contributed by atoms with Gasteiger partial charge in [-0.3, -0.25) is 0 Å². The van der Waals surface area contributed by atoms with E-state index in [0.29, 0.717) is 0 Å². The Bertz CT molecular complexity index is 2340. The quantitative estimate of drug-likeness (QED) is 0.180. The summed E-state index contributed by atoms with van der Waals surface area (Å²) < 4.78 is 2.39. The topological polar surface area (TPSA) is 8.17 Å². The van der Waals surface area contributed by atoms with E-state index in [1.807, 2.05) is 0 Å². The molecule has 2 heteroatoms. The molecule has 0 atom stereocenters. The van der Waals surface area contributed by atoms with Crippen LogP contribution in [0.4, 0.5) is 17.1 Å². The molecule has 48 heavy (non-hydrogen) atoms. The summed E-state index contributed by atoms with van der Waals surface area (Å²) in [4.78, 5) is 2.33. The maximum Gasteiger partial charge on any atom is 0.0541 e. The van der Waals surface area contributed by atoms with E-state index < -0.39 is 0 Å². The van der Waals surface area contributed by atoms with Gasteiger partial charge in [-0.05, 0) is 106 Å². The second-order valence-corrected chi connectivity index (χ2v) is 13.5. The van der Waals surface area contributed by atoms with Crippen molar-refractivity contribution in [3.63, 3.8) is 0 Å². The standard InChI is InChI=1S/C46H38N2/c1-46(2,3)37-25-29-45-43(32-37)42-31-36(24-28-44(42)48(45)39-19-11-6-12-20-39)34-22-26-40(27-23-34)47(38-17-9-5-10-18-38)41-21-13-16-35(30-41)33-14-7-4-8-15-33/h4-32H,1-3H3. The van der Waals surface area contributed by atoms with Crippen LogP contribution in [0, 0.1) is 0 Å². The van der Waals surface area contributed by atoms with E-state index in [9.17, 15) is 0 Å². The molecule has 7 aromatic carbocycles. The zero-order chi connectivity index (χ0) is 32.7. The molecular formula is C46H38N2. The van der Waals surface area contributed by atoms with Gasteiger partial charge in [0.1, 0.15) is 0 Å². The van der Waals surface area contributed by atoms with E-state index in [4.69, 9.17) is 0 Å². The molecule has 2 nitrogen and oxygen atoms in total. The fraction of sp³-hybridized carbons (Fsp3) is 0.0870. The predicted molar refractivity (Wildman–Crippen MR) is 205 cm³/mol. The molecule has 0 aliphatic heterocycles. The molecule has 0 radical (unpaired) electrons. The third-order valence-corrected chi connectivity index (χ3v) is 9.33. The van der Waals surface area contributed by atoms with E-state index in [-0.39, 0.29) is 5.41 Å². The first-order valence-corrected chi connectivity index (χ1v) is 16.7. The fourth-order valence-corrected chi connectivity index (χ4v) is 6.81. The number of rotatable bonds is 6. The fourth-order valence-electron chi connectivity index (χ4n) is 6.81. The van der Waals surface area contributed by atoms with Crippen LogP contribution in [0.1, 0.15) is 26.3 Å². The Morgan fingerprint density at radius 2 is 0.896 bits per heavy atom. The van der Waals surface area contributed by atoms with Gasteiger partial charge in [-0.25, -0.2) is 0 Å². The molecule has 0 bridgehead atoms. The molecule has 0 aliphatic carbocycles. The second-order valence-electron chi connectivity index (χ2n) is 13.5. The van der Waals surface area contributed by atoms with Gasteiger partial charge >= 0.3 is 0 Å². The maximum absolute atomic E-state index is 2.39. The third kappa shape index (κ3) is 5.46. The number of para-hydroxylation sites is 2. The molecule has 1 aromatic heterocycles. The van der Waals surface area contributed by atoms with E-state index in [1.54, 1.807) is 0 Å². The average molecular weight is 619 g/mol. The molecule has 0 saturated carbocycles. The van der Waals surface area contributed by atoms with Gasteiger partial charge < -0.3 is 9.47 Å². The minimum absolute atomic E-state index is 0.0635. The number of benzene rings is 7. The summed E-state index contributed by atoms with van der Waals surface area (Å²) in [5.41, 5.74) is 13.2. The van der Waals surface area contributed by atoms with Crippen molar-refractivity contribution in [1.29, 1.82) is 0 Å². The van der Waals surface area contributed by atoms with E-state index in [0.717, 1.165) is 17.1 Å². The molecule has 8 rings (SSSR count). The lowest BCUT2D eigenvalue weighted by Crippen LogP contribution is -2.10. The summed E-state index contributed by atoms with van der Waals surface area (Å²) in [6.07, 6.45) is 0. The van der Waals surface area contributed by atoms with Crippen LogP contribution in [0.3, 0.4) is 0 Å². The van der Waals surface area contributed by atoms with Gasteiger partial charge in [0, 0.05) is 33.5 Å². The van der Waals surface area contributed by atoms with Crippen LogP contribution in [0.2, 0.25) is 0 Å². The number of anilines is 3. The van der Waals surface area contributed by atoms with Gasteiger partial charge in [-0.1, -0.05) is 124 Å². The Hall–Kier alpha value is -5.86. The molecule has 0 spiro atoms. The van der Waals surface area contributed by atoms with Crippen molar-refractivity contribution >= 4 is 38.9 Å². The highest BCUT2D eigenvalue weighted by Crippen LogP contribution is 2.40. The lowest BCUT2D eigenvalue weighted by atomic mass is 9.86. The van der Waals surface area contributed by atoms with E-state index in [1.165, 1.54) is 55.3 Å². The van der Waals surface area contributed by atoms with Crippen molar-refractivity contribution in [2.75, 3.05) is 4.90 Å². The Morgan fingerprint density at radius 1 is 0.396 bits per heavy atom. The first-order chi connectivity index (χ1) is 23.4. The van der Waals surface area contributed by atoms with E-state index >= 15 is 0 Å². The van der Waals surface area contributed by atoms with Gasteiger partial charge in [-0.15, -0.1) is 0 Å². The zero-order valence-electron chi connectivity index (χ0n) is 27.6. The second kappa shape index (κ2) is 12.1. The largest absolute Gasteiger partial charge is 0.310 e. The molecule has 1 heterocycles. The SMILES string of the molecule is CC(C)(C)c1ccc2c(c1)c1cc(-c3ccc(N(c4ccccc4)c4cccc(-c5ccccc5)c4)cc3)ccc1n2-c1ccccc1. The number of aromatic nitrogens is 1. The molecule has 232 valence electrons. The molecule has 0 fully saturated rings. The third-order valence-electron chi connectivity index (χ3n) is 9.33. The van der Waals surface area contributed by atoms with Crippen LogP contribution in [-0.4, -0.2) is 4.57 Å². The van der Waals surface area contributed by atoms with Crippen LogP contribution < -0.4 is 4.90 Å². The minimum atomic E-state index is 0.0635. The molecule has 0 amide bonds. The van der Waals surface area contributed by atoms with Crippen molar-refractivity contribution in [3.05, 3.63) is 181 Å². The van der Waals surface area contributed by atoms with Gasteiger partial charge in [0.25, 0.3) is 0 Å². The summed E-state index contributed by atoms with van der Waals surface area (Å²) in [6, 6.07) is 63.6. The lowest BCUT2D eigenvalue weighted by molar-refractivity contribution is 0.591. The van der Waals surface area contributed by atoms with Crippen molar-refractivity contribution in [3.8, 4) is 27.9 Å². The maximum atomic E-state index is 2.39. The predicted octanol–water partition coefficient (Wildman–Crippen LogP) is 12.9. The van der Waals surface area contributed by atoms with Crippen LogP contribution in [-0.2, 0) is 5.41 Å². The van der Waals surface area contributed by atoms with Crippen molar-refractivity contribution in [2.24, 2.45) is 0 Å². The Balaban J connectivity index is 1.23. The number of hydrogen-bond donors (Lipinski definition) is 0. The highest BCUT2D eigenvalue weighted by molar-refractivity contribution is 6.10. The molecule has 0 N–H and O–H groups in total. The van der Waals surface area contributed by atoms with Crippen molar-refractivity contribution < 1.29 is 0 Å². The first-order valence-electron chi connectivity index (χ1n) is 16.7. The summed E-state index contributed by atoms with van der Waals surface area (Å²) in [5.74, 6) is 0. The van der Waals surface area contributed by atoms with Gasteiger partial charge in [0.05, 0.1) is 11.0 Å². The smallest absolute Gasteiger partial charge is 0.0541 e. The Kier molecular flexibility index (Phi) is 7.42. The van der Waals surface area contributed by atoms with E-state index in [2.05, 4.69) is 206 Å². The molecule has 8 aromatic rings. The van der Waals surface area contributed by atoms with Gasteiger partial charge in [0.2, 0.25) is 0 Å². The van der Waals surface area contributed by atoms with Crippen molar-refractivity contribution in [2.45, 2.75) is 26.2 Å². The number of fused-ring (bicyclic) bond motifs is 3. The first kappa shape index (κ1) is 29.5. The highest BCUT2D eigenvalue weighted by atomic mass is 15.1. The molecule has 0 saturated heterocycles. The minimum Gasteiger partial charge on any atom is -0.310 e. The summed E-state index contributed by atoms with van der Waals surface area (Å²) in [5, 5.41) is 2.55. The zero-order valence-corrected chi connectivity index (χ0v) is 27.6. The van der Waals surface area contributed by atoms with Crippen LogP contribution in [0.15, 0.2) is 176 Å². The van der Waals surface area contributed by atoms with Crippen LogP contribution in [0.25, 0.3) is 49.7 Å². The number of nitrogens with zero attached hydrogens (tertiary/aromatic N) is 2. The molecule has 0 unspecified atom stereocenters. The van der Waals surface area contributed by atoms with Crippen molar-refractivity contribution in [1.82, 2.24) is 4.57 Å². The summed E-state index contributed by atoms with van der Waals surface area (Å²) in [7, 11) is 0. The summed E-state index contributed by atoms with van der Waals surface area (Å²) >= 11 is 0. The normalized spacial score (nSPS) is 11.6. The average Bonchev–Trinajstić information content (AvgIpc) is 3.46. The Morgan fingerprint density at radius 3 is 1.58 bits per heavy atom. The highest BCUT2D eigenvalue weighted by Gasteiger charge is 2.19. The Labute approximate surface area is 283 Å². The lowest BCUT2D eigenvalue weighted by Gasteiger charge is -2.26. The van der Waals surface area contributed by atoms with Gasteiger partial charge in [-0.2, -0.15) is 0 Å². The molecular weight excluding hydrogens is 581 g/mol. The van der Waals surface area contributed by atoms with Crippen LogP contribution >= 0.6 is 0 Å². The van der Waals surface area contributed by atoms with Crippen LogP contribution in [0.5, 0.6) is 0 Å². The molecule has 0 aliphatic rings.